The molecule has 1 aliphatic heterocycles. The van der Waals surface area contributed by atoms with Gasteiger partial charge >= 0.3 is 6.03 Å². The third-order valence-corrected chi connectivity index (χ3v) is 3.58. The molecule has 0 saturated carbocycles. The Balaban J connectivity index is 1.71. The summed E-state index contributed by atoms with van der Waals surface area (Å²) in [5.74, 6) is 1.56. The second-order valence-electron chi connectivity index (χ2n) is 5.96. The number of carbonyl (C=O) groups is 1. The second-order valence-corrected chi connectivity index (χ2v) is 5.96. The summed E-state index contributed by atoms with van der Waals surface area (Å²) in [4.78, 5) is 16.0. The van der Waals surface area contributed by atoms with Crippen LogP contribution in [0, 0.1) is 22.7 Å². The molecule has 20 heavy (non-hydrogen) atoms. The maximum atomic E-state index is 11.7. The van der Waals surface area contributed by atoms with Gasteiger partial charge in [0, 0.05) is 38.4 Å². The fourth-order valence-corrected chi connectivity index (χ4v) is 2.24. The van der Waals surface area contributed by atoms with Gasteiger partial charge < -0.3 is 15.2 Å². The Kier molecular flexibility index (Phi) is 4.28. The quantitative estimate of drug-likeness (QED) is 0.868. The number of fused-ring (bicyclic) bond motifs is 1. The monoisotopic (exact) mass is 275 g/mol. The smallest absolute Gasteiger partial charge is 0.314 e. The minimum absolute atomic E-state index is 0.204. The molecule has 0 unspecified atom stereocenters. The molecule has 6 heteroatoms. The summed E-state index contributed by atoms with van der Waals surface area (Å²) in [5, 5.41) is 14.5. The molecule has 0 bridgehead atoms. The average molecular weight is 275 g/mol. The van der Waals surface area contributed by atoms with Gasteiger partial charge in [0.1, 0.15) is 5.82 Å². The molecule has 0 aliphatic carbocycles. The van der Waals surface area contributed by atoms with Crippen molar-refractivity contribution in [3.8, 4) is 6.07 Å². The van der Waals surface area contributed by atoms with Crippen LogP contribution in [0.5, 0.6) is 0 Å². The van der Waals surface area contributed by atoms with Crippen molar-refractivity contribution in [2.24, 2.45) is 11.3 Å². The maximum absolute atomic E-state index is 11.7. The molecule has 2 amide bonds. The Bertz CT molecular complexity index is 514. The lowest BCUT2D eigenvalue weighted by Gasteiger charge is -2.24. The van der Waals surface area contributed by atoms with Gasteiger partial charge in [-0.2, -0.15) is 5.26 Å². The zero-order valence-corrected chi connectivity index (χ0v) is 12.0. The van der Waals surface area contributed by atoms with Crippen molar-refractivity contribution in [1.82, 2.24) is 20.2 Å². The van der Waals surface area contributed by atoms with E-state index in [1.807, 2.05) is 12.4 Å². The Hall–Kier alpha value is -2.03. The van der Waals surface area contributed by atoms with E-state index in [9.17, 15) is 4.79 Å². The molecule has 0 saturated heterocycles. The molecule has 2 rings (SSSR count). The predicted octanol–water partition coefficient (Wildman–Crippen LogP) is 1.29. The standard InChI is InChI=1S/C14H21N5O/c1-14(2,9-15)10-18-13(20)17-7-11-3-4-12-16-5-6-19(12)8-11/h5-6,11H,3-4,7-8,10H2,1-2H3,(H2,17,18,20)/t11-/m1/s1. The molecule has 6 nitrogen and oxygen atoms in total. The number of imidazole rings is 1. The van der Waals surface area contributed by atoms with Crippen LogP contribution in [0.15, 0.2) is 12.4 Å². The first kappa shape index (κ1) is 14.4. The summed E-state index contributed by atoms with van der Waals surface area (Å²) < 4.78 is 2.15. The van der Waals surface area contributed by atoms with E-state index < -0.39 is 5.41 Å². The number of nitrogens with one attached hydrogen (secondary N) is 2. The molecule has 0 aromatic carbocycles. The number of urea groups is 1. The first-order chi connectivity index (χ1) is 9.50. The Morgan fingerprint density at radius 1 is 1.60 bits per heavy atom. The van der Waals surface area contributed by atoms with Gasteiger partial charge in [-0.15, -0.1) is 0 Å². The molecule has 0 radical (unpaired) electrons. The highest BCUT2D eigenvalue weighted by Gasteiger charge is 2.20. The van der Waals surface area contributed by atoms with Crippen molar-refractivity contribution in [2.45, 2.75) is 33.2 Å². The van der Waals surface area contributed by atoms with Crippen LogP contribution in [0.1, 0.15) is 26.1 Å². The third kappa shape index (κ3) is 3.73. The zero-order valence-electron chi connectivity index (χ0n) is 12.0. The minimum Gasteiger partial charge on any atom is -0.338 e. The maximum Gasteiger partial charge on any atom is 0.314 e. The van der Waals surface area contributed by atoms with E-state index in [0.717, 1.165) is 25.2 Å². The zero-order chi connectivity index (χ0) is 14.6. The van der Waals surface area contributed by atoms with Crippen molar-refractivity contribution in [3.63, 3.8) is 0 Å². The number of hydrogen-bond acceptors (Lipinski definition) is 3. The normalized spacial score (nSPS) is 17.9. The third-order valence-electron chi connectivity index (χ3n) is 3.58. The Morgan fingerprint density at radius 3 is 3.15 bits per heavy atom. The molecule has 2 heterocycles. The molecule has 1 aromatic heterocycles. The summed E-state index contributed by atoms with van der Waals surface area (Å²) in [5.41, 5.74) is -0.534. The van der Waals surface area contributed by atoms with E-state index in [-0.39, 0.29) is 6.03 Å². The number of nitrogens with zero attached hydrogens (tertiary/aromatic N) is 3. The molecule has 0 spiro atoms. The molecular weight excluding hydrogens is 254 g/mol. The molecular formula is C14H21N5O. The van der Waals surface area contributed by atoms with Crippen LogP contribution in [0.25, 0.3) is 0 Å². The molecule has 0 fully saturated rings. The van der Waals surface area contributed by atoms with Gasteiger partial charge in [-0.3, -0.25) is 0 Å². The molecule has 1 aromatic rings. The summed E-state index contributed by atoms with van der Waals surface area (Å²) in [7, 11) is 0. The lowest BCUT2D eigenvalue weighted by Crippen LogP contribution is -2.43. The SMILES string of the molecule is CC(C)(C#N)CNC(=O)NC[C@H]1CCc2nccn2C1. The largest absolute Gasteiger partial charge is 0.338 e. The van der Waals surface area contributed by atoms with Gasteiger partial charge in [0.25, 0.3) is 0 Å². The number of nitriles is 1. The van der Waals surface area contributed by atoms with Crippen LogP contribution < -0.4 is 10.6 Å². The van der Waals surface area contributed by atoms with Gasteiger partial charge in [-0.05, 0) is 26.2 Å². The predicted molar refractivity (Wildman–Crippen MR) is 74.8 cm³/mol. The molecule has 108 valence electrons. The first-order valence-corrected chi connectivity index (χ1v) is 6.93. The molecule has 1 aliphatic rings. The summed E-state index contributed by atoms with van der Waals surface area (Å²) in [6.07, 6.45) is 5.81. The van der Waals surface area contributed by atoms with E-state index >= 15 is 0 Å². The summed E-state index contributed by atoms with van der Waals surface area (Å²) in [6, 6.07) is 1.95. The number of hydrogen-bond donors (Lipinski definition) is 2. The van der Waals surface area contributed by atoms with E-state index in [4.69, 9.17) is 5.26 Å². The van der Waals surface area contributed by atoms with Crippen LogP contribution in [0.3, 0.4) is 0 Å². The van der Waals surface area contributed by atoms with Crippen molar-refractivity contribution < 1.29 is 4.79 Å². The second kappa shape index (κ2) is 5.95. The fraction of sp³-hybridized carbons (Fsp3) is 0.643. The van der Waals surface area contributed by atoms with Gasteiger partial charge in [0.15, 0.2) is 0 Å². The van der Waals surface area contributed by atoms with Crippen molar-refractivity contribution >= 4 is 6.03 Å². The van der Waals surface area contributed by atoms with Gasteiger partial charge in [-0.1, -0.05) is 0 Å². The van der Waals surface area contributed by atoms with Crippen LogP contribution in [0.2, 0.25) is 0 Å². The topological polar surface area (TPSA) is 82.7 Å². The minimum atomic E-state index is -0.534. The lowest BCUT2D eigenvalue weighted by molar-refractivity contribution is 0.233. The Labute approximate surface area is 119 Å². The van der Waals surface area contributed by atoms with Crippen molar-refractivity contribution in [1.29, 1.82) is 5.26 Å². The number of aromatic nitrogens is 2. The number of aryl methyl sites for hydroxylation is 1. The molecule has 1 atom stereocenters. The highest BCUT2D eigenvalue weighted by Crippen LogP contribution is 2.17. The van der Waals surface area contributed by atoms with Crippen LogP contribution in [0.4, 0.5) is 4.79 Å². The van der Waals surface area contributed by atoms with Gasteiger partial charge in [0.2, 0.25) is 0 Å². The van der Waals surface area contributed by atoms with Gasteiger partial charge in [0.05, 0.1) is 11.5 Å². The van der Waals surface area contributed by atoms with Crippen LogP contribution in [-0.2, 0) is 13.0 Å². The van der Waals surface area contributed by atoms with E-state index in [1.54, 1.807) is 13.8 Å². The van der Waals surface area contributed by atoms with E-state index in [0.29, 0.717) is 19.0 Å². The average Bonchev–Trinajstić information content (AvgIpc) is 2.90. The van der Waals surface area contributed by atoms with Crippen LogP contribution in [-0.4, -0.2) is 28.7 Å². The van der Waals surface area contributed by atoms with Crippen molar-refractivity contribution in [2.75, 3.05) is 13.1 Å². The number of carbonyl (C=O) groups excluding carboxylic acids is 1. The first-order valence-electron chi connectivity index (χ1n) is 6.93. The highest BCUT2D eigenvalue weighted by molar-refractivity contribution is 5.73. The van der Waals surface area contributed by atoms with Crippen molar-refractivity contribution in [3.05, 3.63) is 18.2 Å². The highest BCUT2D eigenvalue weighted by atomic mass is 16.2. The lowest BCUT2D eigenvalue weighted by atomic mass is 9.96. The Morgan fingerprint density at radius 2 is 2.40 bits per heavy atom. The van der Waals surface area contributed by atoms with Crippen LogP contribution >= 0.6 is 0 Å². The number of amides is 2. The van der Waals surface area contributed by atoms with E-state index in [2.05, 4.69) is 26.3 Å². The fourth-order valence-electron chi connectivity index (χ4n) is 2.24. The summed E-state index contributed by atoms with van der Waals surface area (Å²) >= 11 is 0. The summed E-state index contributed by atoms with van der Waals surface area (Å²) in [6.45, 7) is 5.51. The van der Waals surface area contributed by atoms with Gasteiger partial charge in [-0.25, -0.2) is 9.78 Å². The van der Waals surface area contributed by atoms with E-state index in [1.165, 1.54) is 0 Å². The number of rotatable bonds is 4. The molecule has 2 N–H and O–H groups in total.